The second-order valence-electron chi connectivity index (χ2n) is 6.86. The van der Waals surface area contributed by atoms with E-state index >= 15 is 0 Å². The second-order valence-corrected chi connectivity index (χ2v) is 6.86. The van der Waals surface area contributed by atoms with Crippen LogP contribution in [0, 0.1) is 17.8 Å². The minimum Gasteiger partial charge on any atom is -0.341 e. The summed E-state index contributed by atoms with van der Waals surface area (Å²) >= 11 is 0. The first-order chi connectivity index (χ1) is 10.2. The quantitative estimate of drug-likeness (QED) is 0.904. The summed E-state index contributed by atoms with van der Waals surface area (Å²) in [5.74, 6) is 2.70. The van der Waals surface area contributed by atoms with Gasteiger partial charge in [0.2, 0.25) is 0 Å². The molecule has 0 radical (unpaired) electrons. The first kappa shape index (κ1) is 14.6. The fourth-order valence-corrected chi connectivity index (χ4v) is 4.24. The van der Waals surface area contributed by atoms with E-state index in [1.807, 2.05) is 36.2 Å². The highest BCUT2D eigenvalue weighted by Crippen LogP contribution is 2.48. The molecule has 1 aromatic carbocycles. The van der Waals surface area contributed by atoms with Gasteiger partial charge in [-0.2, -0.15) is 0 Å². The highest BCUT2D eigenvalue weighted by Gasteiger charge is 2.40. The summed E-state index contributed by atoms with van der Waals surface area (Å²) < 4.78 is 0. The molecule has 3 atom stereocenters. The van der Waals surface area contributed by atoms with E-state index in [1.54, 1.807) is 0 Å². The van der Waals surface area contributed by atoms with Crippen molar-refractivity contribution in [3.63, 3.8) is 0 Å². The Morgan fingerprint density at radius 3 is 2.57 bits per heavy atom. The molecule has 114 valence electrons. The molecule has 2 aliphatic rings. The normalized spacial score (nSPS) is 27.0. The van der Waals surface area contributed by atoms with Crippen LogP contribution in [-0.2, 0) is 6.42 Å². The average molecular weight is 286 g/mol. The Bertz CT molecular complexity index is 496. The van der Waals surface area contributed by atoms with Crippen molar-refractivity contribution < 1.29 is 4.79 Å². The lowest BCUT2D eigenvalue weighted by molar-refractivity contribution is 0.0754. The van der Waals surface area contributed by atoms with E-state index in [-0.39, 0.29) is 5.91 Å². The van der Waals surface area contributed by atoms with E-state index in [4.69, 9.17) is 5.73 Å². The fraction of sp³-hybridized carbons (Fsp3) is 0.611. The number of benzene rings is 1. The Morgan fingerprint density at radius 2 is 2.00 bits per heavy atom. The smallest absolute Gasteiger partial charge is 0.253 e. The van der Waals surface area contributed by atoms with Crippen molar-refractivity contribution in [1.29, 1.82) is 0 Å². The number of fused-ring (bicyclic) bond motifs is 2. The molecule has 3 unspecified atom stereocenters. The van der Waals surface area contributed by atoms with Crippen LogP contribution in [0.5, 0.6) is 0 Å². The lowest BCUT2D eigenvalue weighted by Crippen LogP contribution is -2.33. The van der Waals surface area contributed by atoms with E-state index in [0.29, 0.717) is 6.54 Å². The van der Waals surface area contributed by atoms with Gasteiger partial charge in [-0.1, -0.05) is 18.6 Å². The number of nitrogens with two attached hydrogens (primary N) is 1. The van der Waals surface area contributed by atoms with Gasteiger partial charge in [0.1, 0.15) is 0 Å². The Balaban J connectivity index is 1.59. The van der Waals surface area contributed by atoms with Crippen LogP contribution in [0.15, 0.2) is 24.3 Å². The Hall–Kier alpha value is -1.35. The zero-order chi connectivity index (χ0) is 14.8. The summed E-state index contributed by atoms with van der Waals surface area (Å²) in [6.07, 6.45) is 6.40. The van der Waals surface area contributed by atoms with E-state index in [2.05, 4.69) is 0 Å². The zero-order valence-electron chi connectivity index (χ0n) is 12.9. The number of carbonyl (C=O) groups is 1. The summed E-state index contributed by atoms with van der Waals surface area (Å²) in [6, 6.07) is 7.91. The SMILES string of the molecule is CN(CC1CC2CCC1C2)C(=O)c1ccc(CCN)cc1. The summed E-state index contributed by atoms with van der Waals surface area (Å²) in [5, 5.41) is 0. The number of nitrogens with zero attached hydrogens (tertiary/aromatic N) is 1. The molecular weight excluding hydrogens is 260 g/mol. The third-order valence-corrected chi connectivity index (χ3v) is 5.37. The molecule has 2 fully saturated rings. The van der Waals surface area contributed by atoms with Crippen molar-refractivity contribution in [2.75, 3.05) is 20.1 Å². The zero-order valence-corrected chi connectivity index (χ0v) is 12.9. The van der Waals surface area contributed by atoms with Gasteiger partial charge in [-0.3, -0.25) is 4.79 Å². The van der Waals surface area contributed by atoms with Crippen molar-refractivity contribution in [3.8, 4) is 0 Å². The first-order valence-corrected chi connectivity index (χ1v) is 8.22. The lowest BCUT2D eigenvalue weighted by Gasteiger charge is -2.27. The molecule has 3 rings (SSSR count). The van der Waals surface area contributed by atoms with Crippen LogP contribution in [0.4, 0.5) is 0 Å². The highest BCUT2D eigenvalue weighted by atomic mass is 16.2. The summed E-state index contributed by atoms with van der Waals surface area (Å²) in [6.45, 7) is 1.57. The van der Waals surface area contributed by atoms with Gasteiger partial charge >= 0.3 is 0 Å². The number of amides is 1. The van der Waals surface area contributed by atoms with Gasteiger partial charge in [0.05, 0.1) is 0 Å². The maximum absolute atomic E-state index is 12.5. The molecule has 3 nitrogen and oxygen atoms in total. The van der Waals surface area contributed by atoms with Crippen LogP contribution in [-0.4, -0.2) is 30.9 Å². The second kappa shape index (κ2) is 6.18. The van der Waals surface area contributed by atoms with Gasteiger partial charge in [0, 0.05) is 19.2 Å². The molecule has 2 saturated carbocycles. The summed E-state index contributed by atoms with van der Waals surface area (Å²) in [4.78, 5) is 14.4. The average Bonchev–Trinajstić information content (AvgIpc) is 3.10. The molecule has 0 aliphatic heterocycles. The molecule has 0 saturated heterocycles. The Morgan fingerprint density at radius 1 is 1.24 bits per heavy atom. The minimum atomic E-state index is 0.150. The predicted octanol–water partition coefficient (Wildman–Crippen LogP) is 2.70. The van der Waals surface area contributed by atoms with Crippen LogP contribution in [0.3, 0.4) is 0 Å². The van der Waals surface area contributed by atoms with Gasteiger partial charge < -0.3 is 10.6 Å². The predicted molar refractivity (Wildman–Crippen MR) is 85.1 cm³/mol. The third-order valence-electron chi connectivity index (χ3n) is 5.37. The van der Waals surface area contributed by atoms with Crippen molar-refractivity contribution in [2.24, 2.45) is 23.5 Å². The summed E-state index contributed by atoms with van der Waals surface area (Å²) in [5.41, 5.74) is 7.54. The van der Waals surface area contributed by atoms with Gasteiger partial charge in [0.25, 0.3) is 5.91 Å². The van der Waals surface area contributed by atoms with E-state index < -0.39 is 0 Å². The largest absolute Gasteiger partial charge is 0.341 e. The molecule has 21 heavy (non-hydrogen) atoms. The van der Waals surface area contributed by atoms with Crippen LogP contribution in [0.2, 0.25) is 0 Å². The molecular formula is C18H26N2O. The monoisotopic (exact) mass is 286 g/mol. The molecule has 3 heteroatoms. The van der Waals surface area contributed by atoms with Crippen LogP contribution < -0.4 is 5.73 Å². The van der Waals surface area contributed by atoms with Crippen LogP contribution in [0.1, 0.15) is 41.6 Å². The third kappa shape index (κ3) is 3.13. The molecule has 0 heterocycles. The van der Waals surface area contributed by atoms with E-state index in [9.17, 15) is 4.79 Å². The number of hydrogen-bond acceptors (Lipinski definition) is 2. The first-order valence-electron chi connectivity index (χ1n) is 8.22. The highest BCUT2D eigenvalue weighted by molar-refractivity contribution is 5.94. The fourth-order valence-electron chi connectivity index (χ4n) is 4.24. The minimum absolute atomic E-state index is 0.150. The molecule has 1 aromatic rings. The Kier molecular flexibility index (Phi) is 4.29. The van der Waals surface area contributed by atoms with Crippen LogP contribution in [0.25, 0.3) is 0 Å². The van der Waals surface area contributed by atoms with Gasteiger partial charge in [-0.25, -0.2) is 0 Å². The molecule has 2 aliphatic carbocycles. The molecule has 2 N–H and O–H groups in total. The topological polar surface area (TPSA) is 46.3 Å². The van der Waals surface area contributed by atoms with Gasteiger partial charge in [0.15, 0.2) is 0 Å². The van der Waals surface area contributed by atoms with E-state index in [1.165, 1.54) is 31.2 Å². The number of carbonyl (C=O) groups excluding carboxylic acids is 1. The lowest BCUT2D eigenvalue weighted by atomic mass is 9.88. The number of hydrogen-bond donors (Lipinski definition) is 1. The van der Waals surface area contributed by atoms with E-state index in [0.717, 1.165) is 36.3 Å². The van der Waals surface area contributed by atoms with Gasteiger partial charge in [-0.05, 0) is 67.7 Å². The maximum atomic E-state index is 12.5. The van der Waals surface area contributed by atoms with Crippen molar-refractivity contribution in [3.05, 3.63) is 35.4 Å². The van der Waals surface area contributed by atoms with Crippen molar-refractivity contribution in [1.82, 2.24) is 4.90 Å². The van der Waals surface area contributed by atoms with Crippen molar-refractivity contribution in [2.45, 2.75) is 32.1 Å². The Labute approximate surface area is 127 Å². The summed E-state index contributed by atoms with van der Waals surface area (Å²) in [7, 11) is 1.95. The standard InChI is InChI=1S/C18H26N2O/c1-20(12-17-11-14-4-7-16(17)10-14)18(21)15-5-2-13(3-6-15)8-9-19/h2-3,5-6,14,16-17H,4,7-12,19H2,1H3. The molecule has 0 spiro atoms. The molecule has 2 bridgehead atoms. The maximum Gasteiger partial charge on any atom is 0.253 e. The molecule has 0 aromatic heterocycles. The van der Waals surface area contributed by atoms with Gasteiger partial charge in [-0.15, -0.1) is 0 Å². The van der Waals surface area contributed by atoms with Crippen LogP contribution >= 0.6 is 0 Å². The number of rotatable bonds is 5. The van der Waals surface area contributed by atoms with Crippen molar-refractivity contribution >= 4 is 5.91 Å². The molecule has 1 amide bonds.